The number of rotatable bonds is 4. The topological polar surface area (TPSA) is 35.6 Å². The number of hydrogen-bond donors (Lipinski definition) is 1. The van der Waals surface area contributed by atoms with Crippen LogP contribution in [0, 0.1) is 5.92 Å². The lowest BCUT2D eigenvalue weighted by atomic mass is 10.0. The zero-order valence-corrected chi connectivity index (χ0v) is 14.8. The third-order valence-corrected chi connectivity index (χ3v) is 4.81. The van der Waals surface area contributed by atoms with Gasteiger partial charge in [0.2, 0.25) is 0 Å². The molecule has 0 bridgehead atoms. The van der Waals surface area contributed by atoms with Gasteiger partial charge in [-0.1, -0.05) is 36.4 Å². The fourth-order valence-corrected chi connectivity index (χ4v) is 3.52. The van der Waals surface area contributed by atoms with Crippen LogP contribution in [-0.4, -0.2) is 49.6 Å². The van der Waals surface area contributed by atoms with Crippen LogP contribution in [0.3, 0.4) is 0 Å². The molecule has 2 aromatic carbocycles. The number of benzene rings is 2. The Balaban J connectivity index is 1.61. The van der Waals surface area contributed by atoms with Gasteiger partial charge >= 0.3 is 6.03 Å². The van der Waals surface area contributed by atoms with Gasteiger partial charge in [0.05, 0.1) is 6.04 Å². The molecule has 1 fully saturated rings. The van der Waals surface area contributed by atoms with E-state index >= 15 is 0 Å². The van der Waals surface area contributed by atoms with Gasteiger partial charge < -0.3 is 15.1 Å². The summed E-state index contributed by atoms with van der Waals surface area (Å²) in [5.74, 6) is 0.585. The predicted octanol–water partition coefficient (Wildman–Crippen LogP) is 3.49. The summed E-state index contributed by atoms with van der Waals surface area (Å²) in [5.41, 5.74) is 1.14. The molecule has 0 spiro atoms. The normalized spacial score (nSPS) is 19.0. The molecule has 24 heavy (non-hydrogen) atoms. The van der Waals surface area contributed by atoms with Crippen molar-refractivity contribution in [2.45, 2.75) is 19.4 Å². The summed E-state index contributed by atoms with van der Waals surface area (Å²) >= 11 is 0. The van der Waals surface area contributed by atoms with Gasteiger partial charge in [0, 0.05) is 19.6 Å². The minimum absolute atomic E-state index is 0.00926. The van der Waals surface area contributed by atoms with Crippen LogP contribution in [0.15, 0.2) is 42.5 Å². The van der Waals surface area contributed by atoms with E-state index in [0.29, 0.717) is 5.92 Å². The molecular formula is C20H27N3O. The van der Waals surface area contributed by atoms with Crippen LogP contribution in [-0.2, 0) is 0 Å². The summed E-state index contributed by atoms with van der Waals surface area (Å²) in [5, 5.41) is 5.59. The zero-order valence-electron chi connectivity index (χ0n) is 14.8. The van der Waals surface area contributed by atoms with E-state index in [-0.39, 0.29) is 12.1 Å². The maximum Gasteiger partial charge on any atom is 0.317 e. The molecule has 0 aromatic heterocycles. The van der Waals surface area contributed by atoms with Gasteiger partial charge in [-0.05, 0) is 55.8 Å². The molecule has 1 saturated heterocycles. The average Bonchev–Trinajstić information content (AvgIpc) is 3.02. The number of carbonyl (C=O) groups excluding carboxylic acids is 1. The molecule has 1 N–H and O–H groups in total. The van der Waals surface area contributed by atoms with Crippen molar-refractivity contribution in [3.8, 4) is 0 Å². The van der Waals surface area contributed by atoms with Crippen molar-refractivity contribution in [2.24, 2.45) is 5.92 Å². The highest BCUT2D eigenvalue weighted by atomic mass is 16.2. The second-order valence-electron chi connectivity index (χ2n) is 7.14. The molecule has 2 atom stereocenters. The number of urea groups is 1. The van der Waals surface area contributed by atoms with Crippen LogP contribution in [0.25, 0.3) is 10.8 Å². The first kappa shape index (κ1) is 16.8. The van der Waals surface area contributed by atoms with Gasteiger partial charge in [0.15, 0.2) is 0 Å². The minimum atomic E-state index is 0.00926. The Morgan fingerprint density at radius 1 is 1.25 bits per heavy atom. The van der Waals surface area contributed by atoms with Crippen molar-refractivity contribution in [2.75, 3.05) is 33.7 Å². The van der Waals surface area contributed by atoms with Gasteiger partial charge in [0.25, 0.3) is 0 Å². The number of nitrogens with zero attached hydrogens (tertiary/aromatic N) is 2. The van der Waals surface area contributed by atoms with Crippen molar-refractivity contribution < 1.29 is 4.79 Å². The predicted molar refractivity (Wildman–Crippen MR) is 99.1 cm³/mol. The summed E-state index contributed by atoms with van der Waals surface area (Å²) in [6.07, 6.45) is 1.09. The Kier molecular flexibility index (Phi) is 5.05. The van der Waals surface area contributed by atoms with Crippen molar-refractivity contribution in [1.29, 1.82) is 0 Å². The van der Waals surface area contributed by atoms with Crippen LogP contribution in [0.5, 0.6) is 0 Å². The average molecular weight is 325 g/mol. The monoisotopic (exact) mass is 325 g/mol. The molecule has 0 unspecified atom stereocenters. The number of hydrogen-bond acceptors (Lipinski definition) is 2. The highest BCUT2D eigenvalue weighted by molar-refractivity contribution is 5.83. The molecular weight excluding hydrogens is 298 g/mol. The van der Waals surface area contributed by atoms with E-state index in [4.69, 9.17) is 0 Å². The van der Waals surface area contributed by atoms with Gasteiger partial charge in [-0.25, -0.2) is 4.79 Å². The number of nitrogens with one attached hydrogen (secondary N) is 1. The summed E-state index contributed by atoms with van der Waals surface area (Å²) in [6, 6.07) is 14.8. The second kappa shape index (κ2) is 7.22. The Morgan fingerprint density at radius 2 is 2.00 bits per heavy atom. The molecule has 0 saturated carbocycles. The molecule has 2 aromatic rings. The van der Waals surface area contributed by atoms with E-state index in [1.807, 2.05) is 17.0 Å². The van der Waals surface area contributed by atoms with Crippen molar-refractivity contribution in [3.05, 3.63) is 48.0 Å². The molecule has 0 radical (unpaired) electrons. The lowest BCUT2D eigenvalue weighted by molar-refractivity contribution is 0.202. The lowest BCUT2D eigenvalue weighted by Gasteiger charge is -2.22. The first-order valence-corrected chi connectivity index (χ1v) is 8.72. The molecule has 3 rings (SSSR count). The van der Waals surface area contributed by atoms with Gasteiger partial charge in [-0.2, -0.15) is 0 Å². The first-order chi connectivity index (χ1) is 11.5. The summed E-state index contributed by atoms with van der Waals surface area (Å²) < 4.78 is 0. The quantitative estimate of drug-likeness (QED) is 0.934. The van der Waals surface area contributed by atoms with E-state index < -0.39 is 0 Å². The molecule has 1 aliphatic heterocycles. The molecule has 4 heteroatoms. The third kappa shape index (κ3) is 3.88. The van der Waals surface area contributed by atoms with Crippen molar-refractivity contribution in [3.63, 3.8) is 0 Å². The first-order valence-electron chi connectivity index (χ1n) is 8.72. The van der Waals surface area contributed by atoms with Crippen LogP contribution >= 0.6 is 0 Å². The lowest BCUT2D eigenvalue weighted by Crippen LogP contribution is -2.40. The van der Waals surface area contributed by atoms with Crippen molar-refractivity contribution in [1.82, 2.24) is 15.1 Å². The van der Waals surface area contributed by atoms with Crippen LogP contribution in [0.4, 0.5) is 4.79 Å². The molecule has 1 aliphatic rings. The maximum absolute atomic E-state index is 12.5. The third-order valence-electron chi connectivity index (χ3n) is 4.81. The summed E-state index contributed by atoms with van der Waals surface area (Å²) in [4.78, 5) is 16.7. The van der Waals surface area contributed by atoms with Gasteiger partial charge in [-0.15, -0.1) is 0 Å². The number of amides is 2. The summed E-state index contributed by atoms with van der Waals surface area (Å²) in [6.45, 7) is 4.81. The number of likely N-dealkylation sites (tertiary alicyclic amines) is 1. The summed E-state index contributed by atoms with van der Waals surface area (Å²) in [7, 11) is 4.18. The van der Waals surface area contributed by atoms with Crippen LogP contribution in [0.1, 0.15) is 24.9 Å². The Bertz CT molecular complexity index is 713. The van der Waals surface area contributed by atoms with E-state index in [2.05, 4.69) is 61.6 Å². The van der Waals surface area contributed by atoms with Crippen molar-refractivity contribution >= 4 is 16.8 Å². The maximum atomic E-state index is 12.5. The number of fused-ring (bicyclic) bond motifs is 1. The fourth-order valence-electron chi connectivity index (χ4n) is 3.52. The molecule has 0 aliphatic carbocycles. The Labute approximate surface area is 144 Å². The highest BCUT2D eigenvalue weighted by Crippen LogP contribution is 2.22. The van der Waals surface area contributed by atoms with E-state index in [0.717, 1.165) is 31.6 Å². The van der Waals surface area contributed by atoms with Crippen LogP contribution < -0.4 is 5.32 Å². The number of carbonyl (C=O) groups is 1. The SMILES string of the molecule is C[C@H](NC(=O)N1CC[C@@H](CN(C)C)C1)c1ccc2ccccc2c1. The fraction of sp³-hybridized carbons (Fsp3) is 0.450. The molecule has 4 nitrogen and oxygen atoms in total. The Morgan fingerprint density at radius 3 is 2.75 bits per heavy atom. The highest BCUT2D eigenvalue weighted by Gasteiger charge is 2.27. The molecule has 1 heterocycles. The second-order valence-corrected chi connectivity index (χ2v) is 7.14. The Hall–Kier alpha value is -2.07. The smallest absolute Gasteiger partial charge is 0.317 e. The minimum Gasteiger partial charge on any atom is -0.331 e. The van der Waals surface area contributed by atoms with E-state index in [1.165, 1.54) is 10.8 Å². The molecule has 2 amide bonds. The standard InChI is InChI=1S/C20H27N3O/c1-15(18-9-8-17-6-4-5-7-19(17)12-18)21-20(24)23-11-10-16(14-23)13-22(2)3/h4-9,12,15-16H,10-11,13-14H2,1-3H3,(H,21,24)/t15-,16-/m0/s1. The molecule has 128 valence electrons. The van der Waals surface area contributed by atoms with Gasteiger partial charge in [-0.3, -0.25) is 0 Å². The van der Waals surface area contributed by atoms with E-state index in [9.17, 15) is 4.79 Å². The van der Waals surface area contributed by atoms with Crippen LogP contribution in [0.2, 0.25) is 0 Å². The van der Waals surface area contributed by atoms with Gasteiger partial charge in [0.1, 0.15) is 0 Å². The largest absolute Gasteiger partial charge is 0.331 e. The zero-order chi connectivity index (χ0) is 17.1. The van der Waals surface area contributed by atoms with E-state index in [1.54, 1.807) is 0 Å².